The second-order valence-corrected chi connectivity index (χ2v) is 3.54. The minimum absolute atomic E-state index is 0.204. The molecular formula is C11H12N4O. The Morgan fingerprint density at radius 2 is 2.12 bits per heavy atom. The Balaban J connectivity index is 2.46. The summed E-state index contributed by atoms with van der Waals surface area (Å²) >= 11 is 0. The molecule has 0 bridgehead atoms. The summed E-state index contributed by atoms with van der Waals surface area (Å²) in [6.07, 6.45) is 3.28. The first-order valence-electron chi connectivity index (χ1n) is 4.76. The molecule has 0 aliphatic carbocycles. The molecule has 0 saturated carbocycles. The van der Waals surface area contributed by atoms with Gasteiger partial charge in [-0.1, -0.05) is 0 Å². The van der Waals surface area contributed by atoms with Crippen molar-refractivity contribution in [2.75, 3.05) is 11.5 Å². The molecule has 2 aromatic rings. The molecule has 2 rings (SSSR count). The zero-order valence-corrected chi connectivity index (χ0v) is 8.84. The van der Waals surface area contributed by atoms with Gasteiger partial charge in [-0.15, -0.1) is 0 Å². The van der Waals surface area contributed by atoms with E-state index in [4.69, 9.17) is 11.5 Å². The van der Waals surface area contributed by atoms with E-state index in [9.17, 15) is 4.79 Å². The topological polar surface area (TPSA) is 86.9 Å². The van der Waals surface area contributed by atoms with Crippen molar-refractivity contribution in [3.8, 4) is 0 Å². The summed E-state index contributed by atoms with van der Waals surface area (Å²) in [6.45, 7) is 0. The number of aromatic nitrogens is 2. The van der Waals surface area contributed by atoms with Crippen LogP contribution in [0.3, 0.4) is 0 Å². The van der Waals surface area contributed by atoms with E-state index >= 15 is 0 Å². The zero-order chi connectivity index (χ0) is 11.7. The van der Waals surface area contributed by atoms with Crippen LogP contribution in [-0.4, -0.2) is 15.3 Å². The fourth-order valence-electron chi connectivity index (χ4n) is 1.49. The molecule has 0 fully saturated rings. The maximum Gasteiger partial charge on any atom is 0.230 e. The quantitative estimate of drug-likeness (QED) is 0.574. The lowest BCUT2D eigenvalue weighted by molar-refractivity contribution is 0.102. The molecule has 5 nitrogen and oxygen atoms in total. The molecule has 16 heavy (non-hydrogen) atoms. The first kappa shape index (κ1) is 10.2. The number of nitrogens with zero attached hydrogens (tertiary/aromatic N) is 2. The van der Waals surface area contributed by atoms with Gasteiger partial charge in [-0.2, -0.15) is 0 Å². The maximum atomic E-state index is 12.1. The third-order valence-electron chi connectivity index (χ3n) is 2.34. The average Bonchev–Trinajstić information content (AvgIpc) is 2.63. The normalized spacial score (nSPS) is 10.3. The number of benzene rings is 1. The van der Waals surface area contributed by atoms with E-state index in [1.165, 1.54) is 0 Å². The van der Waals surface area contributed by atoms with Gasteiger partial charge in [0.05, 0.1) is 0 Å². The number of rotatable bonds is 2. The van der Waals surface area contributed by atoms with E-state index in [0.717, 1.165) is 0 Å². The number of nitrogen functional groups attached to an aromatic ring is 2. The zero-order valence-electron chi connectivity index (χ0n) is 8.84. The van der Waals surface area contributed by atoms with Crippen LogP contribution < -0.4 is 11.5 Å². The first-order chi connectivity index (χ1) is 7.59. The van der Waals surface area contributed by atoms with Crippen LogP contribution in [0.1, 0.15) is 16.2 Å². The Bertz CT molecular complexity index is 545. The summed E-state index contributed by atoms with van der Waals surface area (Å²) in [5, 5.41) is 0. The highest BCUT2D eigenvalue weighted by molar-refractivity contribution is 6.10. The van der Waals surface area contributed by atoms with Crippen molar-refractivity contribution in [2.24, 2.45) is 7.05 Å². The molecular weight excluding hydrogens is 204 g/mol. The predicted octanol–water partition coefficient (Wildman–Crippen LogP) is 0.815. The Kier molecular flexibility index (Phi) is 2.36. The number of carbonyl (C=O) groups is 1. The maximum absolute atomic E-state index is 12.1. The molecule has 1 aromatic heterocycles. The van der Waals surface area contributed by atoms with Gasteiger partial charge in [0.2, 0.25) is 5.78 Å². The van der Waals surface area contributed by atoms with Crippen molar-refractivity contribution < 1.29 is 4.79 Å². The number of hydrogen-bond donors (Lipinski definition) is 2. The van der Waals surface area contributed by atoms with Gasteiger partial charge in [-0.05, 0) is 18.2 Å². The molecule has 0 saturated heterocycles. The molecule has 1 aromatic carbocycles. The fraction of sp³-hybridized carbons (Fsp3) is 0.0909. The summed E-state index contributed by atoms with van der Waals surface area (Å²) in [5.41, 5.74) is 12.6. The van der Waals surface area contributed by atoms with Crippen molar-refractivity contribution in [3.63, 3.8) is 0 Å². The minimum atomic E-state index is -0.204. The monoisotopic (exact) mass is 216 g/mol. The van der Waals surface area contributed by atoms with Gasteiger partial charge in [0.25, 0.3) is 0 Å². The Labute approximate surface area is 92.7 Å². The summed E-state index contributed by atoms with van der Waals surface area (Å²) in [7, 11) is 1.76. The molecule has 0 atom stereocenters. The van der Waals surface area contributed by atoms with E-state index < -0.39 is 0 Å². The molecule has 0 radical (unpaired) electrons. The van der Waals surface area contributed by atoms with Crippen molar-refractivity contribution in [3.05, 3.63) is 42.0 Å². The van der Waals surface area contributed by atoms with Crippen molar-refractivity contribution >= 4 is 17.2 Å². The summed E-state index contributed by atoms with van der Waals surface area (Å²) in [5.74, 6) is 0.154. The first-order valence-corrected chi connectivity index (χ1v) is 4.76. The van der Waals surface area contributed by atoms with Gasteiger partial charge in [0.1, 0.15) is 0 Å². The van der Waals surface area contributed by atoms with Crippen LogP contribution >= 0.6 is 0 Å². The molecule has 0 spiro atoms. The van der Waals surface area contributed by atoms with Gasteiger partial charge in [0, 0.05) is 36.4 Å². The van der Waals surface area contributed by atoms with Gasteiger partial charge in [-0.25, -0.2) is 4.98 Å². The van der Waals surface area contributed by atoms with Crippen LogP contribution in [0.25, 0.3) is 0 Å². The third kappa shape index (κ3) is 1.63. The lowest BCUT2D eigenvalue weighted by atomic mass is 10.1. The highest BCUT2D eigenvalue weighted by Gasteiger charge is 2.16. The Morgan fingerprint density at radius 3 is 2.69 bits per heavy atom. The van der Waals surface area contributed by atoms with Crippen LogP contribution in [-0.2, 0) is 7.05 Å². The molecule has 1 heterocycles. The van der Waals surface area contributed by atoms with E-state index in [0.29, 0.717) is 22.8 Å². The minimum Gasteiger partial charge on any atom is -0.399 e. The predicted molar refractivity (Wildman–Crippen MR) is 61.9 cm³/mol. The number of imidazole rings is 1. The number of anilines is 2. The molecule has 0 aliphatic heterocycles. The second kappa shape index (κ2) is 3.69. The van der Waals surface area contributed by atoms with E-state index in [2.05, 4.69) is 4.98 Å². The lowest BCUT2D eigenvalue weighted by Gasteiger charge is -2.05. The van der Waals surface area contributed by atoms with E-state index in [1.807, 2.05) is 0 Å². The number of hydrogen-bond acceptors (Lipinski definition) is 4. The number of ketones is 1. The van der Waals surface area contributed by atoms with E-state index in [1.54, 1.807) is 42.2 Å². The summed E-state index contributed by atoms with van der Waals surface area (Å²) < 4.78 is 1.65. The van der Waals surface area contributed by atoms with Gasteiger partial charge in [0.15, 0.2) is 5.82 Å². The Morgan fingerprint density at radius 1 is 1.38 bits per heavy atom. The van der Waals surface area contributed by atoms with Gasteiger partial charge in [-0.3, -0.25) is 4.79 Å². The van der Waals surface area contributed by atoms with Crippen molar-refractivity contribution in [1.29, 1.82) is 0 Å². The van der Waals surface area contributed by atoms with E-state index in [-0.39, 0.29) is 5.78 Å². The molecule has 0 unspecified atom stereocenters. The second-order valence-electron chi connectivity index (χ2n) is 3.54. The fourth-order valence-corrected chi connectivity index (χ4v) is 1.49. The smallest absolute Gasteiger partial charge is 0.230 e. The van der Waals surface area contributed by atoms with Crippen LogP contribution in [0, 0.1) is 0 Å². The Hall–Kier alpha value is -2.30. The summed E-state index contributed by atoms with van der Waals surface area (Å²) in [6, 6.07) is 4.82. The average molecular weight is 216 g/mol. The van der Waals surface area contributed by atoms with Gasteiger partial charge < -0.3 is 16.0 Å². The summed E-state index contributed by atoms with van der Waals surface area (Å²) in [4.78, 5) is 16.0. The largest absolute Gasteiger partial charge is 0.399 e. The number of aryl methyl sites for hydroxylation is 1. The highest BCUT2D eigenvalue weighted by atomic mass is 16.1. The van der Waals surface area contributed by atoms with Crippen molar-refractivity contribution in [2.45, 2.75) is 0 Å². The molecule has 0 aliphatic rings. The van der Waals surface area contributed by atoms with Crippen LogP contribution in [0.15, 0.2) is 30.6 Å². The highest BCUT2D eigenvalue weighted by Crippen LogP contribution is 2.18. The molecule has 0 amide bonds. The molecule has 5 heteroatoms. The lowest BCUT2D eigenvalue weighted by Crippen LogP contribution is -2.11. The number of nitrogens with two attached hydrogens (primary N) is 2. The van der Waals surface area contributed by atoms with Crippen molar-refractivity contribution in [1.82, 2.24) is 9.55 Å². The van der Waals surface area contributed by atoms with Gasteiger partial charge >= 0.3 is 0 Å². The number of carbonyl (C=O) groups excluding carboxylic acids is 1. The SMILES string of the molecule is Cn1ccnc1C(=O)c1ccc(N)cc1N. The van der Waals surface area contributed by atoms with Crippen LogP contribution in [0.5, 0.6) is 0 Å². The van der Waals surface area contributed by atoms with Crippen LogP contribution in [0.4, 0.5) is 11.4 Å². The standard InChI is InChI=1S/C11H12N4O/c1-15-5-4-14-11(15)10(16)8-3-2-7(12)6-9(8)13/h2-6H,12-13H2,1H3. The molecule has 4 N–H and O–H groups in total. The third-order valence-corrected chi connectivity index (χ3v) is 2.34. The van der Waals surface area contributed by atoms with Crippen LogP contribution in [0.2, 0.25) is 0 Å². The molecule has 82 valence electrons.